The van der Waals surface area contributed by atoms with Crippen molar-refractivity contribution in [2.45, 2.75) is 11.4 Å². The van der Waals surface area contributed by atoms with Gasteiger partial charge in [-0.3, -0.25) is 0 Å². The second kappa shape index (κ2) is 9.01. The van der Waals surface area contributed by atoms with E-state index in [1.807, 2.05) is 0 Å². The molecule has 2 aromatic carbocycles. The molecule has 0 bridgehead atoms. The van der Waals surface area contributed by atoms with Crippen LogP contribution in [0.3, 0.4) is 0 Å². The second-order valence-corrected chi connectivity index (χ2v) is 7.69. The van der Waals surface area contributed by atoms with Crippen LogP contribution in [-0.4, -0.2) is 47.0 Å². The number of aromatic nitrogens is 2. The number of methoxy groups -OCH3 is 4. The number of hydrogen-bond donors (Lipinski definition) is 1. The standard InChI is InChI=1S/C19H21N3O7S/c1-25-13-5-7-14(8-6-13)30(23,24)20-11-17-21-19(22-29-17)12-9-15(26-2)18(28-4)16(10-12)27-3/h5-10,20H,11H2,1-4H3. The molecule has 30 heavy (non-hydrogen) atoms. The molecule has 3 aromatic rings. The van der Waals surface area contributed by atoms with Crippen molar-refractivity contribution in [2.75, 3.05) is 28.4 Å². The molecular weight excluding hydrogens is 414 g/mol. The zero-order valence-corrected chi connectivity index (χ0v) is 17.6. The topological polar surface area (TPSA) is 122 Å². The highest BCUT2D eigenvalue weighted by Crippen LogP contribution is 2.40. The number of sulfonamides is 1. The first kappa shape index (κ1) is 21.4. The molecule has 11 heteroatoms. The van der Waals surface area contributed by atoms with Crippen molar-refractivity contribution in [3.05, 3.63) is 42.3 Å². The van der Waals surface area contributed by atoms with E-state index in [4.69, 9.17) is 23.5 Å². The quantitative estimate of drug-likeness (QED) is 0.539. The molecule has 0 atom stereocenters. The zero-order chi connectivity index (χ0) is 21.7. The number of rotatable bonds is 9. The van der Waals surface area contributed by atoms with Gasteiger partial charge in [-0.05, 0) is 36.4 Å². The third kappa shape index (κ3) is 4.47. The predicted molar refractivity (Wildman–Crippen MR) is 106 cm³/mol. The first-order valence-corrected chi connectivity index (χ1v) is 10.2. The van der Waals surface area contributed by atoms with E-state index >= 15 is 0 Å². The number of benzene rings is 2. The molecule has 1 aromatic heterocycles. The second-order valence-electron chi connectivity index (χ2n) is 5.93. The molecule has 0 fully saturated rings. The minimum absolute atomic E-state index is 0.0904. The van der Waals surface area contributed by atoms with E-state index in [1.165, 1.54) is 40.6 Å². The Labute approximate surface area is 173 Å². The molecule has 3 rings (SSSR count). The van der Waals surface area contributed by atoms with Crippen molar-refractivity contribution in [3.8, 4) is 34.4 Å². The van der Waals surface area contributed by atoms with E-state index in [-0.39, 0.29) is 23.2 Å². The van der Waals surface area contributed by atoms with Crippen LogP contribution in [0.25, 0.3) is 11.4 Å². The van der Waals surface area contributed by atoms with Gasteiger partial charge in [0, 0.05) is 5.56 Å². The molecule has 0 aliphatic carbocycles. The molecule has 0 radical (unpaired) electrons. The molecular formula is C19H21N3O7S. The molecule has 1 N–H and O–H groups in total. The smallest absolute Gasteiger partial charge is 0.242 e. The van der Waals surface area contributed by atoms with E-state index in [0.717, 1.165) is 0 Å². The summed E-state index contributed by atoms with van der Waals surface area (Å²) in [5.41, 5.74) is 0.553. The van der Waals surface area contributed by atoms with E-state index in [9.17, 15) is 8.42 Å². The van der Waals surface area contributed by atoms with Gasteiger partial charge in [0.1, 0.15) is 5.75 Å². The maximum absolute atomic E-state index is 12.4. The van der Waals surface area contributed by atoms with E-state index in [1.54, 1.807) is 24.3 Å². The summed E-state index contributed by atoms with van der Waals surface area (Å²) >= 11 is 0. The number of ether oxygens (including phenoxy) is 4. The highest BCUT2D eigenvalue weighted by Gasteiger charge is 2.19. The van der Waals surface area contributed by atoms with Crippen LogP contribution in [-0.2, 0) is 16.6 Å². The monoisotopic (exact) mass is 435 g/mol. The Hall–Kier alpha value is -3.31. The van der Waals surface area contributed by atoms with Crippen molar-refractivity contribution in [3.63, 3.8) is 0 Å². The number of hydrogen-bond acceptors (Lipinski definition) is 9. The summed E-state index contributed by atoms with van der Waals surface area (Å²) in [6.07, 6.45) is 0. The highest BCUT2D eigenvalue weighted by atomic mass is 32.2. The summed E-state index contributed by atoms with van der Waals surface area (Å²) in [5, 5.41) is 3.90. The van der Waals surface area contributed by atoms with Crippen molar-refractivity contribution in [2.24, 2.45) is 0 Å². The van der Waals surface area contributed by atoms with E-state index in [0.29, 0.717) is 28.6 Å². The first-order chi connectivity index (χ1) is 14.4. The predicted octanol–water partition coefficient (Wildman–Crippen LogP) is 2.25. The van der Waals surface area contributed by atoms with Crippen LogP contribution >= 0.6 is 0 Å². The Morgan fingerprint density at radius 3 is 2.10 bits per heavy atom. The fourth-order valence-electron chi connectivity index (χ4n) is 2.65. The summed E-state index contributed by atoms with van der Waals surface area (Å²) in [5.74, 6) is 2.18. The van der Waals surface area contributed by atoms with Gasteiger partial charge in [0.25, 0.3) is 0 Å². The molecule has 0 saturated carbocycles. The van der Waals surface area contributed by atoms with Gasteiger partial charge in [0.05, 0.1) is 39.9 Å². The van der Waals surface area contributed by atoms with Gasteiger partial charge in [-0.1, -0.05) is 5.16 Å². The lowest BCUT2D eigenvalue weighted by Gasteiger charge is -2.12. The first-order valence-electron chi connectivity index (χ1n) is 8.68. The van der Waals surface area contributed by atoms with Crippen molar-refractivity contribution in [1.82, 2.24) is 14.9 Å². The largest absolute Gasteiger partial charge is 0.497 e. The minimum Gasteiger partial charge on any atom is -0.497 e. The number of nitrogens with one attached hydrogen (secondary N) is 1. The van der Waals surface area contributed by atoms with Crippen molar-refractivity contribution < 1.29 is 31.9 Å². The molecule has 160 valence electrons. The van der Waals surface area contributed by atoms with Gasteiger partial charge >= 0.3 is 0 Å². The maximum atomic E-state index is 12.4. The lowest BCUT2D eigenvalue weighted by Crippen LogP contribution is -2.23. The van der Waals surface area contributed by atoms with Crippen LogP contribution in [0.4, 0.5) is 0 Å². The van der Waals surface area contributed by atoms with Crippen LogP contribution in [0.15, 0.2) is 45.8 Å². The third-order valence-electron chi connectivity index (χ3n) is 4.17. The van der Waals surface area contributed by atoms with Gasteiger partial charge < -0.3 is 23.5 Å². The molecule has 0 aliphatic heterocycles. The van der Waals surface area contributed by atoms with Crippen LogP contribution < -0.4 is 23.7 Å². The normalized spacial score (nSPS) is 11.2. The minimum atomic E-state index is -3.76. The summed E-state index contributed by atoms with van der Waals surface area (Å²) in [4.78, 5) is 4.32. The fourth-order valence-corrected chi connectivity index (χ4v) is 3.62. The molecule has 0 aliphatic rings. The van der Waals surface area contributed by atoms with Gasteiger partial charge in [-0.25, -0.2) is 13.1 Å². The summed E-state index contributed by atoms with van der Waals surface area (Å²) in [7, 11) is 2.24. The van der Waals surface area contributed by atoms with Gasteiger partial charge in [0.15, 0.2) is 11.5 Å². The lowest BCUT2D eigenvalue weighted by molar-refractivity contribution is 0.324. The Bertz CT molecular complexity index is 1090. The van der Waals surface area contributed by atoms with Gasteiger partial charge in [0.2, 0.25) is 27.5 Å². The average Bonchev–Trinajstić information content (AvgIpc) is 3.26. The Balaban J connectivity index is 1.78. The molecule has 0 unspecified atom stereocenters. The SMILES string of the molecule is COc1ccc(S(=O)(=O)NCc2nc(-c3cc(OC)c(OC)c(OC)c3)no2)cc1. The van der Waals surface area contributed by atoms with E-state index < -0.39 is 10.0 Å². The molecule has 0 amide bonds. The van der Waals surface area contributed by atoms with Crippen LogP contribution in [0.2, 0.25) is 0 Å². The van der Waals surface area contributed by atoms with Crippen LogP contribution in [0.1, 0.15) is 5.89 Å². The third-order valence-corrected chi connectivity index (χ3v) is 5.59. The Morgan fingerprint density at radius 2 is 1.57 bits per heavy atom. The molecule has 1 heterocycles. The molecule has 10 nitrogen and oxygen atoms in total. The van der Waals surface area contributed by atoms with Gasteiger partial charge in [-0.15, -0.1) is 0 Å². The summed E-state index contributed by atoms with van der Waals surface area (Å²) in [6.45, 7) is -0.175. The van der Waals surface area contributed by atoms with Crippen LogP contribution in [0.5, 0.6) is 23.0 Å². The summed E-state index contributed by atoms with van der Waals surface area (Å²) in [6, 6.07) is 9.33. The Morgan fingerprint density at radius 1 is 0.933 bits per heavy atom. The zero-order valence-electron chi connectivity index (χ0n) is 16.8. The number of nitrogens with zero attached hydrogens (tertiary/aromatic N) is 2. The maximum Gasteiger partial charge on any atom is 0.242 e. The fraction of sp³-hybridized carbons (Fsp3) is 0.263. The molecule has 0 spiro atoms. The van der Waals surface area contributed by atoms with E-state index in [2.05, 4.69) is 14.9 Å². The Kier molecular flexibility index (Phi) is 6.43. The average molecular weight is 435 g/mol. The lowest BCUT2D eigenvalue weighted by atomic mass is 10.1. The summed E-state index contributed by atoms with van der Waals surface area (Å²) < 4.78 is 53.4. The van der Waals surface area contributed by atoms with Crippen LogP contribution in [0, 0.1) is 0 Å². The van der Waals surface area contributed by atoms with Crippen molar-refractivity contribution in [1.29, 1.82) is 0 Å². The molecule has 0 saturated heterocycles. The highest BCUT2D eigenvalue weighted by molar-refractivity contribution is 7.89. The van der Waals surface area contributed by atoms with Gasteiger partial charge in [-0.2, -0.15) is 4.98 Å². The van der Waals surface area contributed by atoms with Crippen molar-refractivity contribution >= 4 is 10.0 Å².